The molecule has 7 nitrogen and oxygen atoms in total. The van der Waals surface area contributed by atoms with Crippen LogP contribution in [0.1, 0.15) is 31.7 Å². The number of piperidine rings is 1. The highest BCUT2D eigenvalue weighted by Gasteiger charge is 2.45. The molecule has 0 saturated carbocycles. The van der Waals surface area contributed by atoms with Crippen LogP contribution in [0.15, 0.2) is 24.7 Å². The fourth-order valence-corrected chi connectivity index (χ4v) is 4.48. The maximum Gasteiger partial charge on any atom is 0.240 e. The third-order valence-corrected chi connectivity index (χ3v) is 5.80. The van der Waals surface area contributed by atoms with Gasteiger partial charge in [0, 0.05) is 37.7 Å². The third-order valence-electron chi connectivity index (χ3n) is 5.80. The van der Waals surface area contributed by atoms with Crippen molar-refractivity contribution in [2.45, 2.75) is 37.8 Å². The van der Waals surface area contributed by atoms with E-state index in [2.05, 4.69) is 32.5 Å². The molecule has 3 atom stereocenters. The lowest BCUT2D eigenvalue weighted by molar-refractivity contribution is -0.139. The van der Waals surface area contributed by atoms with Gasteiger partial charge < -0.3 is 15.5 Å². The second-order valence-corrected chi connectivity index (χ2v) is 7.61. The molecular formula is C19H26N6O. The van der Waals surface area contributed by atoms with Gasteiger partial charge in [0.1, 0.15) is 5.52 Å². The summed E-state index contributed by atoms with van der Waals surface area (Å²) in [6.45, 7) is 4.81. The number of hydrogen-bond donors (Lipinski definition) is 2. The Morgan fingerprint density at radius 1 is 1.27 bits per heavy atom. The van der Waals surface area contributed by atoms with E-state index in [0.717, 1.165) is 43.4 Å². The Hall–Kier alpha value is -2.12. The molecule has 2 saturated heterocycles. The van der Waals surface area contributed by atoms with Crippen LogP contribution in [0.3, 0.4) is 0 Å². The first-order valence-electron chi connectivity index (χ1n) is 9.40. The third kappa shape index (κ3) is 2.85. The Kier molecular flexibility index (Phi) is 4.58. The molecule has 4 rings (SSSR count). The van der Waals surface area contributed by atoms with Crippen LogP contribution < -0.4 is 10.6 Å². The summed E-state index contributed by atoms with van der Waals surface area (Å²) < 4.78 is 0. The van der Waals surface area contributed by atoms with E-state index in [1.165, 1.54) is 0 Å². The number of carbonyl (C=O) groups is 1. The van der Waals surface area contributed by atoms with E-state index in [1.54, 1.807) is 18.6 Å². The van der Waals surface area contributed by atoms with Crippen molar-refractivity contribution in [1.82, 2.24) is 30.5 Å². The normalized spacial score (nSPS) is 29.0. The largest absolute Gasteiger partial charge is 0.333 e. The fraction of sp³-hybridized carbons (Fsp3) is 0.579. The summed E-state index contributed by atoms with van der Waals surface area (Å²) in [7, 11) is 1.94. The lowest BCUT2D eigenvalue weighted by Crippen LogP contribution is -2.60. The number of aromatic nitrogens is 3. The van der Waals surface area contributed by atoms with Crippen LogP contribution in [-0.2, 0) is 10.3 Å². The average molecular weight is 354 g/mol. The number of rotatable bonds is 3. The SMILES string of the molecule is C[C@@H]1CNC[C@@](c2ccnc3nccnc23)(N(C)C(=O)C2CCCN2)C1. The van der Waals surface area contributed by atoms with Gasteiger partial charge >= 0.3 is 0 Å². The van der Waals surface area contributed by atoms with E-state index < -0.39 is 5.54 Å². The highest BCUT2D eigenvalue weighted by Crippen LogP contribution is 2.39. The van der Waals surface area contributed by atoms with E-state index in [-0.39, 0.29) is 11.9 Å². The number of carbonyl (C=O) groups excluding carboxylic acids is 1. The van der Waals surface area contributed by atoms with E-state index in [0.29, 0.717) is 18.1 Å². The molecule has 2 aromatic rings. The Labute approximate surface area is 153 Å². The summed E-state index contributed by atoms with van der Waals surface area (Å²) in [6.07, 6.45) is 7.98. The zero-order valence-electron chi connectivity index (χ0n) is 15.4. The number of nitrogens with one attached hydrogen (secondary N) is 2. The van der Waals surface area contributed by atoms with Crippen LogP contribution in [0.5, 0.6) is 0 Å². The van der Waals surface area contributed by atoms with Crippen molar-refractivity contribution >= 4 is 17.1 Å². The predicted molar refractivity (Wildman–Crippen MR) is 99.5 cm³/mol. The summed E-state index contributed by atoms with van der Waals surface area (Å²) in [5.74, 6) is 0.614. The standard InChI is InChI=1S/C19H26N6O/c1-13-10-19(12-20-11-13,25(2)18(26)15-4-3-6-21-15)14-5-7-23-17-16(14)22-8-9-24-17/h5,7-9,13,15,20-21H,3-4,6,10-12H2,1-2H3/t13-,15?,19-/m0/s1. The minimum atomic E-state index is -0.448. The molecule has 0 radical (unpaired) electrons. The number of amides is 1. The molecule has 0 spiro atoms. The number of hydrogen-bond acceptors (Lipinski definition) is 6. The molecule has 2 aromatic heterocycles. The van der Waals surface area contributed by atoms with Gasteiger partial charge in [0.2, 0.25) is 5.91 Å². The second kappa shape index (κ2) is 6.89. The molecular weight excluding hydrogens is 328 g/mol. The monoisotopic (exact) mass is 354 g/mol. The smallest absolute Gasteiger partial charge is 0.240 e. The van der Waals surface area contributed by atoms with Crippen molar-refractivity contribution in [3.63, 3.8) is 0 Å². The number of nitrogens with zero attached hydrogens (tertiary/aromatic N) is 4. The van der Waals surface area contributed by atoms with E-state index in [1.807, 2.05) is 18.0 Å². The number of pyridine rings is 1. The maximum absolute atomic E-state index is 13.2. The Bertz CT molecular complexity index is 800. The van der Waals surface area contributed by atoms with Crippen LogP contribution in [0.4, 0.5) is 0 Å². The topological polar surface area (TPSA) is 83.0 Å². The van der Waals surface area contributed by atoms with Crippen LogP contribution in [-0.4, -0.2) is 58.5 Å². The molecule has 1 unspecified atom stereocenters. The quantitative estimate of drug-likeness (QED) is 0.858. The van der Waals surface area contributed by atoms with Crippen LogP contribution >= 0.6 is 0 Å². The summed E-state index contributed by atoms with van der Waals surface area (Å²) in [6, 6.07) is 1.91. The first kappa shape index (κ1) is 17.3. The average Bonchev–Trinajstić information content (AvgIpc) is 3.21. The van der Waals surface area contributed by atoms with Crippen molar-refractivity contribution in [3.8, 4) is 0 Å². The highest BCUT2D eigenvalue weighted by molar-refractivity contribution is 5.84. The zero-order chi connectivity index (χ0) is 18.1. The predicted octanol–water partition coefficient (Wildman–Crippen LogP) is 1.06. The lowest BCUT2D eigenvalue weighted by atomic mass is 9.77. The molecule has 0 aliphatic carbocycles. The lowest BCUT2D eigenvalue weighted by Gasteiger charge is -2.48. The molecule has 138 valence electrons. The molecule has 2 aliphatic rings. The van der Waals surface area contributed by atoms with Gasteiger partial charge in [-0.3, -0.25) is 9.78 Å². The first-order chi connectivity index (χ1) is 12.6. The van der Waals surface area contributed by atoms with E-state index in [4.69, 9.17) is 0 Å². The maximum atomic E-state index is 13.2. The van der Waals surface area contributed by atoms with E-state index in [9.17, 15) is 4.79 Å². The summed E-state index contributed by atoms with van der Waals surface area (Å²) in [5, 5.41) is 6.87. The molecule has 0 bridgehead atoms. The van der Waals surface area contributed by atoms with Gasteiger partial charge in [-0.25, -0.2) is 9.97 Å². The minimum Gasteiger partial charge on any atom is -0.333 e. The van der Waals surface area contributed by atoms with Crippen molar-refractivity contribution in [2.75, 3.05) is 26.7 Å². The van der Waals surface area contributed by atoms with Crippen molar-refractivity contribution < 1.29 is 4.79 Å². The van der Waals surface area contributed by atoms with Crippen molar-refractivity contribution in [1.29, 1.82) is 0 Å². The van der Waals surface area contributed by atoms with Gasteiger partial charge in [-0.2, -0.15) is 0 Å². The van der Waals surface area contributed by atoms with Gasteiger partial charge in [-0.1, -0.05) is 6.92 Å². The van der Waals surface area contributed by atoms with Gasteiger partial charge in [0.05, 0.1) is 11.6 Å². The summed E-state index contributed by atoms with van der Waals surface area (Å²) in [4.78, 5) is 28.5. The molecule has 0 aromatic carbocycles. The molecule has 4 heterocycles. The molecule has 2 aliphatic heterocycles. The van der Waals surface area contributed by atoms with Gasteiger partial charge in [0.15, 0.2) is 5.65 Å². The van der Waals surface area contributed by atoms with E-state index >= 15 is 0 Å². The summed E-state index contributed by atoms with van der Waals surface area (Å²) in [5.41, 5.74) is 1.99. The minimum absolute atomic E-state index is 0.0895. The number of likely N-dealkylation sites (N-methyl/N-ethyl adjacent to an activating group) is 1. The highest BCUT2D eigenvalue weighted by atomic mass is 16.2. The zero-order valence-corrected chi connectivity index (χ0v) is 15.4. The Morgan fingerprint density at radius 3 is 2.85 bits per heavy atom. The van der Waals surface area contributed by atoms with Crippen LogP contribution in [0.2, 0.25) is 0 Å². The molecule has 26 heavy (non-hydrogen) atoms. The van der Waals surface area contributed by atoms with Crippen LogP contribution in [0.25, 0.3) is 11.2 Å². The Morgan fingerprint density at radius 2 is 2.08 bits per heavy atom. The van der Waals surface area contributed by atoms with Gasteiger partial charge in [-0.15, -0.1) is 0 Å². The Balaban J connectivity index is 1.82. The van der Waals surface area contributed by atoms with Crippen molar-refractivity contribution in [2.24, 2.45) is 5.92 Å². The van der Waals surface area contributed by atoms with Gasteiger partial charge in [0.25, 0.3) is 0 Å². The second-order valence-electron chi connectivity index (χ2n) is 7.61. The fourth-order valence-electron chi connectivity index (χ4n) is 4.48. The number of fused-ring (bicyclic) bond motifs is 1. The first-order valence-corrected chi connectivity index (χ1v) is 9.40. The molecule has 2 N–H and O–H groups in total. The van der Waals surface area contributed by atoms with Crippen molar-refractivity contribution in [3.05, 3.63) is 30.2 Å². The molecule has 1 amide bonds. The molecule has 7 heteroatoms. The molecule has 2 fully saturated rings. The summed E-state index contributed by atoms with van der Waals surface area (Å²) >= 11 is 0. The van der Waals surface area contributed by atoms with Gasteiger partial charge in [-0.05, 0) is 44.3 Å². The van der Waals surface area contributed by atoms with Crippen LogP contribution in [0, 0.1) is 5.92 Å².